The van der Waals surface area contributed by atoms with Crippen molar-refractivity contribution < 1.29 is 13.6 Å². The predicted molar refractivity (Wildman–Crippen MR) is 89.8 cm³/mol. The van der Waals surface area contributed by atoms with E-state index in [1.165, 1.54) is 0 Å². The highest BCUT2D eigenvalue weighted by molar-refractivity contribution is 7.09. The Bertz CT molecular complexity index is 855. The SMILES string of the molecule is Cc1nc(-c2ccc(CNC(=O)c3cc(F)cc(F)c3)cc2)cs1. The summed E-state index contributed by atoms with van der Waals surface area (Å²) in [5, 5.41) is 5.64. The molecule has 122 valence electrons. The number of thiazole rings is 1. The third kappa shape index (κ3) is 3.83. The van der Waals surface area contributed by atoms with Crippen LogP contribution in [0.25, 0.3) is 11.3 Å². The summed E-state index contributed by atoms with van der Waals surface area (Å²) in [6.07, 6.45) is 0. The van der Waals surface area contributed by atoms with Crippen LogP contribution in [0.5, 0.6) is 0 Å². The second-order valence-corrected chi connectivity index (χ2v) is 6.35. The second kappa shape index (κ2) is 6.88. The molecule has 2 aromatic carbocycles. The topological polar surface area (TPSA) is 42.0 Å². The van der Waals surface area contributed by atoms with Crippen LogP contribution in [0, 0.1) is 18.6 Å². The lowest BCUT2D eigenvalue weighted by atomic mass is 10.1. The summed E-state index contributed by atoms with van der Waals surface area (Å²) in [6, 6.07) is 10.4. The van der Waals surface area contributed by atoms with Gasteiger partial charge in [-0.05, 0) is 24.6 Å². The van der Waals surface area contributed by atoms with Crippen LogP contribution in [0.3, 0.4) is 0 Å². The second-order valence-electron chi connectivity index (χ2n) is 5.29. The van der Waals surface area contributed by atoms with E-state index in [1.807, 2.05) is 36.6 Å². The quantitative estimate of drug-likeness (QED) is 0.765. The molecule has 1 N–H and O–H groups in total. The molecule has 6 heteroatoms. The minimum absolute atomic E-state index is 0.0398. The summed E-state index contributed by atoms with van der Waals surface area (Å²) in [4.78, 5) is 16.4. The first-order valence-electron chi connectivity index (χ1n) is 7.27. The Labute approximate surface area is 142 Å². The molecule has 0 aliphatic heterocycles. The van der Waals surface area contributed by atoms with Gasteiger partial charge in [-0.15, -0.1) is 11.3 Å². The fourth-order valence-electron chi connectivity index (χ4n) is 2.26. The van der Waals surface area contributed by atoms with Crippen molar-refractivity contribution in [3.05, 3.63) is 75.6 Å². The van der Waals surface area contributed by atoms with Crippen LogP contribution in [0.2, 0.25) is 0 Å². The number of rotatable bonds is 4. The molecule has 0 bridgehead atoms. The number of carbonyl (C=O) groups excluding carboxylic acids is 1. The van der Waals surface area contributed by atoms with E-state index in [2.05, 4.69) is 10.3 Å². The van der Waals surface area contributed by atoms with Gasteiger partial charge in [0.2, 0.25) is 0 Å². The number of amides is 1. The molecule has 3 aromatic rings. The molecular weight excluding hydrogens is 330 g/mol. The third-order valence-corrected chi connectivity index (χ3v) is 4.22. The van der Waals surface area contributed by atoms with Gasteiger partial charge in [-0.1, -0.05) is 24.3 Å². The standard InChI is InChI=1S/C18H14F2N2OS/c1-11-22-17(10-24-11)13-4-2-12(3-5-13)9-21-18(23)14-6-15(19)8-16(20)7-14/h2-8,10H,9H2,1H3,(H,21,23). The number of hydrogen-bond acceptors (Lipinski definition) is 3. The molecule has 1 amide bonds. The largest absolute Gasteiger partial charge is 0.348 e. The molecule has 0 fully saturated rings. The lowest BCUT2D eigenvalue weighted by Gasteiger charge is -2.06. The van der Waals surface area contributed by atoms with Crippen LogP contribution < -0.4 is 5.32 Å². The first-order valence-corrected chi connectivity index (χ1v) is 8.15. The molecule has 1 aromatic heterocycles. The summed E-state index contributed by atoms with van der Waals surface area (Å²) < 4.78 is 26.3. The Morgan fingerprint density at radius 3 is 2.38 bits per heavy atom. The van der Waals surface area contributed by atoms with Crippen LogP contribution in [-0.4, -0.2) is 10.9 Å². The molecular formula is C18H14F2N2OS. The molecule has 24 heavy (non-hydrogen) atoms. The van der Waals surface area contributed by atoms with Crippen molar-refractivity contribution in [1.82, 2.24) is 10.3 Å². The number of carbonyl (C=O) groups is 1. The zero-order chi connectivity index (χ0) is 17.1. The van der Waals surface area contributed by atoms with Crippen molar-refractivity contribution in [1.29, 1.82) is 0 Å². The van der Waals surface area contributed by atoms with E-state index in [9.17, 15) is 13.6 Å². The van der Waals surface area contributed by atoms with E-state index in [-0.39, 0.29) is 12.1 Å². The van der Waals surface area contributed by atoms with E-state index >= 15 is 0 Å². The van der Waals surface area contributed by atoms with Gasteiger partial charge < -0.3 is 5.32 Å². The predicted octanol–water partition coefficient (Wildman–Crippen LogP) is 4.33. The molecule has 0 unspecified atom stereocenters. The maximum absolute atomic E-state index is 13.1. The highest BCUT2D eigenvalue weighted by atomic mass is 32.1. The van der Waals surface area contributed by atoms with Crippen LogP contribution in [0.15, 0.2) is 47.8 Å². The Morgan fingerprint density at radius 2 is 1.79 bits per heavy atom. The molecule has 0 saturated carbocycles. The first kappa shape index (κ1) is 16.3. The molecule has 0 atom stereocenters. The van der Waals surface area contributed by atoms with Gasteiger partial charge in [0, 0.05) is 29.1 Å². The summed E-state index contributed by atoms with van der Waals surface area (Å²) in [7, 11) is 0. The molecule has 0 radical (unpaired) electrons. The smallest absolute Gasteiger partial charge is 0.251 e. The lowest BCUT2D eigenvalue weighted by Crippen LogP contribution is -2.23. The molecule has 0 spiro atoms. The Balaban J connectivity index is 1.65. The number of benzene rings is 2. The molecule has 0 aliphatic rings. The van der Waals surface area contributed by atoms with E-state index in [0.717, 1.165) is 40.0 Å². The van der Waals surface area contributed by atoms with Gasteiger partial charge in [-0.3, -0.25) is 4.79 Å². The summed E-state index contributed by atoms with van der Waals surface area (Å²) in [5.41, 5.74) is 2.77. The number of nitrogens with zero attached hydrogens (tertiary/aromatic N) is 1. The highest BCUT2D eigenvalue weighted by Gasteiger charge is 2.09. The van der Waals surface area contributed by atoms with Crippen molar-refractivity contribution in [2.75, 3.05) is 0 Å². The minimum atomic E-state index is -0.775. The molecule has 0 saturated heterocycles. The number of nitrogens with one attached hydrogen (secondary N) is 1. The van der Waals surface area contributed by atoms with Gasteiger partial charge in [-0.25, -0.2) is 13.8 Å². The monoisotopic (exact) mass is 344 g/mol. The molecule has 3 nitrogen and oxygen atoms in total. The first-order chi connectivity index (χ1) is 11.5. The van der Waals surface area contributed by atoms with Gasteiger partial charge in [0.25, 0.3) is 5.91 Å². The average Bonchev–Trinajstić information content (AvgIpc) is 2.98. The number of aromatic nitrogens is 1. The molecule has 0 aliphatic carbocycles. The van der Waals surface area contributed by atoms with Crippen LogP contribution >= 0.6 is 11.3 Å². The Kier molecular flexibility index (Phi) is 4.66. The third-order valence-electron chi connectivity index (χ3n) is 3.45. The van der Waals surface area contributed by atoms with Crippen molar-refractivity contribution in [2.24, 2.45) is 0 Å². The summed E-state index contributed by atoms with van der Waals surface area (Å²) >= 11 is 1.59. The van der Waals surface area contributed by atoms with E-state index in [4.69, 9.17) is 0 Å². The number of aryl methyl sites for hydroxylation is 1. The van der Waals surface area contributed by atoms with E-state index in [1.54, 1.807) is 11.3 Å². The van der Waals surface area contributed by atoms with Gasteiger partial charge in [-0.2, -0.15) is 0 Å². The zero-order valence-corrected chi connectivity index (χ0v) is 13.7. The van der Waals surface area contributed by atoms with Crippen molar-refractivity contribution >= 4 is 17.2 Å². The fraction of sp³-hybridized carbons (Fsp3) is 0.111. The minimum Gasteiger partial charge on any atom is -0.348 e. The highest BCUT2D eigenvalue weighted by Crippen LogP contribution is 2.21. The fourth-order valence-corrected chi connectivity index (χ4v) is 2.88. The lowest BCUT2D eigenvalue weighted by molar-refractivity contribution is 0.0950. The van der Waals surface area contributed by atoms with Crippen molar-refractivity contribution in [3.63, 3.8) is 0 Å². The van der Waals surface area contributed by atoms with Gasteiger partial charge >= 0.3 is 0 Å². The van der Waals surface area contributed by atoms with Crippen molar-refractivity contribution in [2.45, 2.75) is 13.5 Å². The van der Waals surface area contributed by atoms with Crippen LogP contribution in [0.4, 0.5) is 8.78 Å². The van der Waals surface area contributed by atoms with Gasteiger partial charge in [0.1, 0.15) is 11.6 Å². The molecule has 1 heterocycles. The average molecular weight is 344 g/mol. The number of hydrogen-bond donors (Lipinski definition) is 1. The summed E-state index contributed by atoms with van der Waals surface area (Å²) in [6.45, 7) is 2.22. The molecule has 3 rings (SSSR count). The Morgan fingerprint density at radius 1 is 1.12 bits per heavy atom. The number of halogens is 2. The normalized spacial score (nSPS) is 10.6. The van der Waals surface area contributed by atoms with Gasteiger partial charge in [0.15, 0.2) is 0 Å². The Hall–Kier alpha value is -2.60. The maximum Gasteiger partial charge on any atom is 0.251 e. The van der Waals surface area contributed by atoms with E-state index < -0.39 is 17.5 Å². The zero-order valence-electron chi connectivity index (χ0n) is 12.8. The van der Waals surface area contributed by atoms with Gasteiger partial charge in [0.05, 0.1) is 10.7 Å². The summed E-state index contributed by atoms with van der Waals surface area (Å²) in [5.74, 6) is -2.07. The maximum atomic E-state index is 13.1. The van der Waals surface area contributed by atoms with Crippen molar-refractivity contribution in [3.8, 4) is 11.3 Å². The van der Waals surface area contributed by atoms with Crippen LogP contribution in [-0.2, 0) is 6.54 Å². The van der Waals surface area contributed by atoms with Crippen LogP contribution in [0.1, 0.15) is 20.9 Å². The van der Waals surface area contributed by atoms with E-state index in [0.29, 0.717) is 0 Å².